The van der Waals surface area contributed by atoms with Gasteiger partial charge >= 0.3 is 130 Å². The molecular formula is H11Ca3O7PSi. The molecule has 0 rings (SSSR count). The molecule has 0 heterocycles. The molecule has 0 spiro atoms. The number of phosphoric acid groups is 1. The van der Waals surface area contributed by atoms with Crippen LogP contribution in [0.15, 0.2) is 0 Å². The Kier molecular flexibility index (Phi) is 41.7. The van der Waals surface area contributed by atoms with E-state index in [2.05, 4.69) is 0 Å². The third-order valence-corrected chi connectivity index (χ3v) is 0. The van der Waals surface area contributed by atoms with Gasteiger partial charge in [0.2, 0.25) is 0 Å². The Balaban J connectivity index is -0.00000000406. The molecule has 0 bridgehead atoms. The number of hydrogen-bond donors (Lipinski definition) is 5. The molecule has 0 saturated heterocycles. The molecule has 0 unspecified atom stereocenters. The van der Waals surface area contributed by atoms with Crippen LogP contribution in [0.5, 0.6) is 0 Å². The minimum Gasteiger partial charge on any atom is -1.00 e. The summed E-state index contributed by atoms with van der Waals surface area (Å²) in [7, 11) is -7.77. The number of rotatable bonds is 0. The Bertz CT molecular complexity index is 135. The SMILES string of the molecule is O=P(O)(O)O.O=[Si](O)O.[Ca+2].[Ca+2].[Ca+2].[H-].[H-].[H-].[H-].[H-].[H-]. The predicted octanol–water partition coefficient (Wildman–Crippen LogP) is -3.01. The van der Waals surface area contributed by atoms with Gasteiger partial charge in [-0.3, -0.25) is 4.46 Å². The summed E-state index contributed by atoms with van der Waals surface area (Å²) in [5.41, 5.74) is 0. The largest absolute Gasteiger partial charge is 2.00 e. The quantitative estimate of drug-likeness (QED) is 0.237. The molecule has 68 valence electrons. The molecule has 5 N–H and O–H groups in total. The second kappa shape index (κ2) is 16.9. The van der Waals surface area contributed by atoms with Gasteiger partial charge in [-0.25, -0.2) is 4.57 Å². The summed E-state index contributed by atoms with van der Waals surface area (Å²) in [6.45, 7) is 0. The number of hydrogen-bond acceptors (Lipinski definition) is 2. The van der Waals surface area contributed by atoms with E-state index in [1.165, 1.54) is 0 Å². The Morgan fingerprint density at radius 1 is 1.00 bits per heavy atom. The smallest absolute Gasteiger partial charge is 1.00 e. The third kappa shape index (κ3) is 172. The molecule has 0 aliphatic heterocycles. The van der Waals surface area contributed by atoms with Gasteiger partial charge in [0.15, 0.2) is 0 Å². The van der Waals surface area contributed by atoms with Gasteiger partial charge in [-0.05, 0) is 0 Å². The van der Waals surface area contributed by atoms with E-state index in [1.807, 2.05) is 0 Å². The third-order valence-electron chi connectivity index (χ3n) is 0. The van der Waals surface area contributed by atoms with E-state index in [1.54, 1.807) is 0 Å². The minimum absolute atomic E-state index is 0. The molecule has 0 aromatic carbocycles. The van der Waals surface area contributed by atoms with Crippen molar-refractivity contribution in [3.05, 3.63) is 0 Å². The summed E-state index contributed by atoms with van der Waals surface area (Å²) in [5.74, 6) is 0. The topological polar surface area (TPSA) is 135 Å². The average Bonchev–Trinajstić information content (AvgIpc) is 1.19. The molecule has 7 nitrogen and oxygen atoms in total. The fraction of sp³-hybridized carbons (Fsp3) is 0. The van der Waals surface area contributed by atoms with Crippen LogP contribution in [0, 0.1) is 0 Å². The molecule has 0 amide bonds. The first-order valence-corrected chi connectivity index (χ1v) is 4.30. The fourth-order valence-electron chi connectivity index (χ4n) is 0. The zero-order valence-electron chi connectivity index (χ0n) is 12.1. The van der Waals surface area contributed by atoms with Crippen molar-refractivity contribution in [1.29, 1.82) is 0 Å². The van der Waals surface area contributed by atoms with Gasteiger partial charge in [0.25, 0.3) is 0 Å². The predicted molar refractivity (Wildman–Crippen MR) is 49.1 cm³/mol. The summed E-state index contributed by atoms with van der Waals surface area (Å²) in [6.07, 6.45) is 0. The first kappa shape index (κ1) is 29.6. The van der Waals surface area contributed by atoms with Gasteiger partial charge in [0.1, 0.15) is 0 Å². The van der Waals surface area contributed by atoms with Gasteiger partial charge in [0, 0.05) is 0 Å². The molecule has 0 aromatic rings. The summed E-state index contributed by atoms with van der Waals surface area (Å²) >= 11 is 0. The Hall–Kier alpha value is 3.51. The maximum Gasteiger partial charge on any atom is 2.00 e. The fourth-order valence-corrected chi connectivity index (χ4v) is 0. The van der Waals surface area contributed by atoms with Crippen molar-refractivity contribution in [3.63, 3.8) is 0 Å². The van der Waals surface area contributed by atoms with E-state index in [-0.39, 0.29) is 122 Å². The van der Waals surface area contributed by atoms with Gasteiger partial charge in [-0.15, -0.1) is 0 Å². The van der Waals surface area contributed by atoms with Crippen LogP contribution in [0.1, 0.15) is 8.56 Å². The van der Waals surface area contributed by atoms with Crippen LogP contribution in [0.4, 0.5) is 0 Å². The maximum absolute atomic E-state index is 8.88. The van der Waals surface area contributed by atoms with Crippen molar-refractivity contribution >= 4 is 130 Å². The van der Waals surface area contributed by atoms with Crippen LogP contribution >= 0.6 is 7.82 Å². The molecule has 0 saturated carbocycles. The normalized spacial score (nSPS) is 6.92. The van der Waals surface area contributed by atoms with E-state index in [0.29, 0.717) is 0 Å². The average molecular weight is 302 g/mol. The van der Waals surface area contributed by atoms with E-state index in [9.17, 15) is 0 Å². The molecule has 0 fully saturated rings. The van der Waals surface area contributed by atoms with E-state index >= 15 is 0 Å². The Labute approximate surface area is 169 Å². The van der Waals surface area contributed by atoms with Gasteiger partial charge in [-0.2, -0.15) is 0 Å². The second-order valence-corrected chi connectivity index (χ2v) is 2.39. The van der Waals surface area contributed by atoms with Gasteiger partial charge < -0.3 is 32.8 Å². The van der Waals surface area contributed by atoms with Crippen molar-refractivity contribution in [2.45, 2.75) is 0 Å². The molecule has 0 aromatic heterocycles. The molecular weight excluding hydrogens is 291 g/mol. The van der Waals surface area contributed by atoms with Crippen molar-refractivity contribution in [1.82, 2.24) is 0 Å². The Morgan fingerprint density at radius 2 is 1.00 bits per heavy atom. The summed E-state index contributed by atoms with van der Waals surface area (Å²) in [4.78, 5) is 35.9. The van der Waals surface area contributed by atoms with Crippen LogP contribution in [0.25, 0.3) is 0 Å². The molecule has 12 heteroatoms. The molecule has 0 atom stereocenters. The van der Waals surface area contributed by atoms with Crippen molar-refractivity contribution in [3.8, 4) is 0 Å². The zero-order chi connectivity index (χ0) is 8.08. The second-order valence-electron chi connectivity index (χ2n) is 0.796. The van der Waals surface area contributed by atoms with Crippen molar-refractivity contribution in [2.24, 2.45) is 0 Å². The molecule has 0 aliphatic rings. The summed E-state index contributed by atoms with van der Waals surface area (Å²) < 4.78 is 17.6. The minimum atomic E-state index is -4.64. The van der Waals surface area contributed by atoms with Crippen LogP contribution in [-0.2, 0) is 9.03 Å². The van der Waals surface area contributed by atoms with Gasteiger partial charge in [-0.1, -0.05) is 0 Å². The first-order valence-electron chi connectivity index (χ1n) is 1.43. The first-order chi connectivity index (χ1) is 3.73. The molecule has 12 heavy (non-hydrogen) atoms. The van der Waals surface area contributed by atoms with Crippen LogP contribution in [-0.4, -0.2) is 147 Å². The standard InChI is InChI=1S/3Ca.H3O4P.H2O3Si.6H/c;;;1-5(2,3)4;1-4(2)3;;;;;;/h;;;(H3,1,2,3,4);1-2H;;;;;;/q3*+2;;;6*-1. The van der Waals surface area contributed by atoms with Crippen molar-refractivity contribution in [2.75, 3.05) is 0 Å². The monoisotopic (exact) mass is 302 g/mol. The van der Waals surface area contributed by atoms with Crippen LogP contribution < -0.4 is 0 Å². The summed E-state index contributed by atoms with van der Waals surface area (Å²) in [5, 5.41) is 0. The maximum atomic E-state index is 8.88. The van der Waals surface area contributed by atoms with Crippen LogP contribution in [0.2, 0.25) is 0 Å². The van der Waals surface area contributed by atoms with E-state index in [0.717, 1.165) is 0 Å². The molecule has 0 aliphatic carbocycles. The van der Waals surface area contributed by atoms with E-state index < -0.39 is 17.0 Å². The molecule has 0 radical (unpaired) electrons. The van der Waals surface area contributed by atoms with Crippen molar-refractivity contribution < 1.29 is 41.9 Å². The van der Waals surface area contributed by atoms with E-state index in [4.69, 9.17) is 33.3 Å². The van der Waals surface area contributed by atoms with Crippen LogP contribution in [0.3, 0.4) is 0 Å². The summed E-state index contributed by atoms with van der Waals surface area (Å²) in [6, 6.07) is 0. The van der Waals surface area contributed by atoms with Gasteiger partial charge in [0.05, 0.1) is 0 Å². The zero-order valence-corrected chi connectivity index (χ0v) is 14.6. The Morgan fingerprint density at radius 3 is 1.00 bits per heavy atom.